The standard InChI is InChI=1S/C29H29FN6O2/c1-16-21-7-5-19(28(38)34-12-24-26-27(34)36(24)26)11-35(21)31-25(16)23-8-18-4-6-20(32-13-29(30,14-32)15-37)9-22(18)33(23)10-17-2-3-17/h4-9,11,17,24,26-27,37H,2-3,10,12-15H2,1H3/t24?,26-,27?,36?/m1/s1. The van der Waals surface area contributed by atoms with Gasteiger partial charge in [0.05, 0.1) is 48.0 Å². The van der Waals surface area contributed by atoms with Crippen molar-refractivity contribution in [3.63, 3.8) is 0 Å². The summed E-state index contributed by atoms with van der Waals surface area (Å²) in [6, 6.07) is 13.7. The molecule has 0 radical (unpaired) electrons. The number of hydrogen-bond donors (Lipinski definition) is 1. The highest BCUT2D eigenvalue weighted by Crippen LogP contribution is 2.59. The number of pyridine rings is 1. The molecule has 3 unspecified atom stereocenters. The number of fused-ring (bicyclic) bond motifs is 3. The van der Waals surface area contributed by atoms with E-state index in [-0.39, 0.29) is 19.0 Å². The van der Waals surface area contributed by atoms with E-state index >= 15 is 0 Å². The fourth-order valence-electron chi connectivity index (χ4n) is 6.95. The maximum absolute atomic E-state index is 14.4. The van der Waals surface area contributed by atoms with E-state index < -0.39 is 12.3 Å². The number of rotatable bonds is 6. The van der Waals surface area contributed by atoms with Gasteiger partial charge in [0.15, 0.2) is 5.67 Å². The van der Waals surface area contributed by atoms with Crippen molar-refractivity contribution in [1.29, 1.82) is 0 Å². The summed E-state index contributed by atoms with van der Waals surface area (Å²) < 4.78 is 18.6. The molecule has 1 aliphatic carbocycles. The number of hydrogen-bond acceptors (Lipinski definition) is 5. The smallest absolute Gasteiger partial charge is 0.256 e. The Kier molecular flexibility index (Phi) is 3.93. The molecule has 4 atom stereocenters. The van der Waals surface area contributed by atoms with Crippen molar-refractivity contribution in [3.8, 4) is 11.4 Å². The third kappa shape index (κ3) is 2.86. The molecule has 1 amide bonds. The normalized spacial score (nSPS) is 28.2. The highest BCUT2D eigenvalue weighted by Gasteiger charge is 2.80. The minimum atomic E-state index is -1.50. The number of carbonyl (C=O) groups is 1. The van der Waals surface area contributed by atoms with Crippen molar-refractivity contribution >= 4 is 28.0 Å². The van der Waals surface area contributed by atoms with Crippen LogP contribution in [0.1, 0.15) is 28.8 Å². The van der Waals surface area contributed by atoms with Crippen LogP contribution in [-0.2, 0) is 6.54 Å². The van der Waals surface area contributed by atoms with E-state index in [1.807, 2.05) is 38.7 Å². The van der Waals surface area contributed by atoms with Gasteiger partial charge >= 0.3 is 0 Å². The monoisotopic (exact) mass is 512 g/mol. The zero-order chi connectivity index (χ0) is 25.5. The maximum Gasteiger partial charge on any atom is 0.256 e. The Morgan fingerprint density at radius 3 is 2.68 bits per heavy atom. The fourth-order valence-corrected chi connectivity index (χ4v) is 6.95. The van der Waals surface area contributed by atoms with Crippen LogP contribution in [-0.4, -0.2) is 85.2 Å². The van der Waals surface area contributed by atoms with Gasteiger partial charge < -0.3 is 19.5 Å². The fraction of sp³-hybridized carbons (Fsp3) is 0.448. The van der Waals surface area contributed by atoms with E-state index in [1.54, 1.807) is 0 Å². The number of halogens is 1. The predicted octanol–water partition coefficient (Wildman–Crippen LogP) is 3.04. The zero-order valence-electron chi connectivity index (χ0n) is 21.2. The Bertz CT molecular complexity index is 1660. The predicted molar refractivity (Wildman–Crippen MR) is 141 cm³/mol. The molecule has 9 heteroatoms. The molecule has 5 aliphatic heterocycles. The van der Waals surface area contributed by atoms with Gasteiger partial charge in [-0.15, -0.1) is 0 Å². The van der Waals surface area contributed by atoms with Crippen LogP contribution in [0.25, 0.3) is 27.8 Å². The van der Waals surface area contributed by atoms with Gasteiger partial charge in [-0.2, -0.15) is 5.10 Å². The van der Waals surface area contributed by atoms with Crippen molar-refractivity contribution in [1.82, 2.24) is 24.0 Å². The van der Waals surface area contributed by atoms with Crippen LogP contribution >= 0.6 is 0 Å². The summed E-state index contributed by atoms with van der Waals surface area (Å²) in [5, 5.41) is 15.5. The van der Waals surface area contributed by atoms with E-state index in [0.717, 1.165) is 52.1 Å². The second-order valence-corrected chi connectivity index (χ2v) is 12.1. The molecular weight excluding hydrogens is 483 g/mol. The number of amides is 1. The first-order valence-electron chi connectivity index (χ1n) is 13.7. The van der Waals surface area contributed by atoms with E-state index in [1.165, 1.54) is 12.8 Å². The zero-order valence-corrected chi connectivity index (χ0v) is 21.2. The summed E-state index contributed by atoms with van der Waals surface area (Å²) in [7, 11) is 0. The lowest BCUT2D eigenvalue weighted by atomic mass is 9.96. The number of aliphatic hydroxyl groups is 1. The van der Waals surface area contributed by atoms with Gasteiger partial charge in [-0.25, -0.2) is 8.91 Å². The van der Waals surface area contributed by atoms with Crippen molar-refractivity contribution in [3.05, 3.63) is 53.7 Å². The third-order valence-corrected chi connectivity index (χ3v) is 9.51. The number of alkyl halides is 1. The van der Waals surface area contributed by atoms with Crippen LogP contribution in [0.2, 0.25) is 0 Å². The molecule has 194 valence electrons. The quantitative estimate of drug-likeness (QED) is 0.403. The van der Waals surface area contributed by atoms with Crippen LogP contribution < -0.4 is 4.90 Å². The van der Waals surface area contributed by atoms with E-state index in [4.69, 9.17) is 5.10 Å². The molecule has 6 fully saturated rings. The van der Waals surface area contributed by atoms with Crippen molar-refractivity contribution in [2.24, 2.45) is 5.92 Å². The second-order valence-electron chi connectivity index (χ2n) is 12.1. The lowest BCUT2D eigenvalue weighted by Crippen LogP contribution is -2.61. The van der Waals surface area contributed by atoms with E-state index in [2.05, 4.69) is 34.6 Å². The lowest BCUT2D eigenvalue weighted by molar-refractivity contribution is 0.0445. The largest absolute Gasteiger partial charge is 0.393 e. The number of aromatic nitrogens is 3. The van der Waals surface area contributed by atoms with Gasteiger partial charge in [-0.1, -0.05) is 6.07 Å². The minimum absolute atomic E-state index is 0.0963. The first kappa shape index (κ1) is 21.5. The highest BCUT2D eigenvalue weighted by atomic mass is 19.1. The Hall–Kier alpha value is -3.43. The van der Waals surface area contributed by atoms with Crippen LogP contribution in [0.3, 0.4) is 0 Å². The number of nitrogens with zero attached hydrogens (tertiary/aromatic N) is 6. The average Bonchev–Trinajstić information content (AvgIpc) is 3.85. The first-order chi connectivity index (χ1) is 18.4. The van der Waals surface area contributed by atoms with Gasteiger partial charge in [-0.05, 0) is 56.0 Å². The summed E-state index contributed by atoms with van der Waals surface area (Å²) >= 11 is 0. The summed E-state index contributed by atoms with van der Waals surface area (Å²) in [6.07, 6.45) is 4.69. The van der Waals surface area contributed by atoms with Crippen LogP contribution in [0.5, 0.6) is 0 Å². The molecule has 4 aromatic rings. The molecular formula is C29H29FN6O2. The summed E-state index contributed by atoms with van der Waals surface area (Å²) in [4.78, 5) is 19.6. The Morgan fingerprint density at radius 2 is 1.97 bits per heavy atom. The second kappa shape index (κ2) is 6.95. The molecule has 8 nitrogen and oxygen atoms in total. The number of anilines is 1. The summed E-state index contributed by atoms with van der Waals surface area (Å²) in [5.41, 5.74) is 5.39. The molecule has 3 aromatic heterocycles. The Morgan fingerprint density at radius 1 is 1.16 bits per heavy atom. The molecule has 1 aromatic carbocycles. The number of piperazine rings is 1. The van der Waals surface area contributed by atoms with Gasteiger partial charge in [0.25, 0.3) is 5.91 Å². The van der Waals surface area contributed by atoms with Crippen molar-refractivity contribution < 1.29 is 14.3 Å². The van der Waals surface area contributed by atoms with Crippen LogP contribution in [0.4, 0.5) is 10.1 Å². The SMILES string of the molecule is Cc1c(-c2cc3ccc(N4CC(F)(CO)C4)cc3n2CC2CC2)nn2cc(C(=O)N3CC4[C@@H]5C3N45)ccc12. The molecule has 2 bridgehead atoms. The van der Waals surface area contributed by atoms with E-state index in [9.17, 15) is 14.3 Å². The number of aryl methyl sites for hydroxylation is 1. The molecule has 1 saturated carbocycles. The molecule has 6 aliphatic rings. The molecule has 0 spiro atoms. The molecule has 8 heterocycles. The average molecular weight is 513 g/mol. The number of carbonyl (C=O) groups excluding carboxylic acids is 1. The third-order valence-electron chi connectivity index (χ3n) is 9.51. The van der Waals surface area contributed by atoms with Gasteiger partial charge in [-0.3, -0.25) is 9.69 Å². The van der Waals surface area contributed by atoms with Crippen molar-refractivity contribution in [2.45, 2.75) is 50.2 Å². The molecule has 5 saturated heterocycles. The first-order valence-corrected chi connectivity index (χ1v) is 13.7. The maximum atomic E-state index is 14.4. The topological polar surface area (TPSA) is 69.0 Å². The van der Waals surface area contributed by atoms with Crippen LogP contribution in [0.15, 0.2) is 42.6 Å². The lowest BCUT2D eigenvalue weighted by Gasteiger charge is -2.44. The highest BCUT2D eigenvalue weighted by molar-refractivity contribution is 5.96. The number of benzene rings is 1. The van der Waals surface area contributed by atoms with Gasteiger partial charge in [0.2, 0.25) is 0 Å². The number of aliphatic hydroxyl groups excluding tert-OH is 1. The van der Waals surface area contributed by atoms with Gasteiger partial charge in [0, 0.05) is 42.0 Å². The van der Waals surface area contributed by atoms with Crippen molar-refractivity contribution in [2.75, 3.05) is 31.1 Å². The Labute approximate surface area is 218 Å². The summed E-state index contributed by atoms with van der Waals surface area (Å²) in [5.74, 6) is 0.759. The van der Waals surface area contributed by atoms with E-state index in [0.29, 0.717) is 29.7 Å². The summed E-state index contributed by atoms with van der Waals surface area (Å²) in [6.45, 7) is 3.88. The molecule has 1 N–H and O–H groups in total. The molecule has 38 heavy (non-hydrogen) atoms. The minimum Gasteiger partial charge on any atom is -0.393 e. The van der Waals surface area contributed by atoms with Gasteiger partial charge in [0.1, 0.15) is 11.9 Å². The Balaban J connectivity index is 1.10. The molecule has 10 rings (SSSR count). The van der Waals surface area contributed by atoms with Crippen LogP contribution in [0, 0.1) is 12.8 Å².